The molecule has 0 saturated heterocycles. The molecule has 1 aliphatic carbocycles. The van der Waals surface area contributed by atoms with Gasteiger partial charge in [0.2, 0.25) is 0 Å². The van der Waals surface area contributed by atoms with Crippen molar-refractivity contribution in [2.45, 2.75) is 33.1 Å². The van der Waals surface area contributed by atoms with Crippen LogP contribution in [0.25, 0.3) is 5.57 Å². The van der Waals surface area contributed by atoms with Crippen LogP contribution in [-0.4, -0.2) is 16.6 Å². The number of ether oxygens (including phenoxy) is 1. The number of allylic oxidation sites excluding steroid dienone is 2. The van der Waals surface area contributed by atoms with E-state index in [1.54, 1.807) is 6.33 Å². The number of hydrogen-bond donors (Lipinski definition) is 1. The quantitative estimate of drug-likeness (QED) is 0.916. The fourth-order valence-electron chi connectivity index (χ4n) is 2.87. The summed E-state index contributed by atoms with van der Waals surface area (Å²) in [5.74, 6) is 0.966. The van der Waals surface area contributed by atoms with E-state index in [1.807, 2.05) is 13.1 Å². The molecule has 1 aliphatic rings. The molecule has 0 aliphatic heterocycles. The number of hydrogen-bond acceptors (Lipinski definition) is 2. The number of nitrogens with one attached hydrogen (secondary N) is 1. The van der Waals surface area contributed by atoms with Gasteiger partial charge in [0.05, 0.1) is 12.9 Å². The van der Waals surface area contributed by atoms with Gasteiger partial charge < -0.3 is 9.72 Å². The third kappa shape index (κ3) is 2.48. The standard InChI is InChI=1S/C17H20N2O/c1-3-20-16-7-6-13-4-5-14(12(2)17(13)9-16)8-15-10-18-11-19-15/h6-7,9-11H,3-5,8H2,1-2H3,(H,18,19). The van der Waals surface area contributed by atoms with E-state index in [4.69, 9.17) is 4.74 Å². The molecule has 3 heteroatoms. The highest BCUT2D eigenvalue weighted by Crippen LogP contribution is 2.34. The predicted octanol–water partition coefficient (Wildman–Crippen LogP) is 3.77. The van der Waals surface area contributed by atoms with Gasteiger partial charge in [0.1, 0.15) is 5.75 Å². The summed E-state index contributed by atoms with van der Waals surface area (Å²) < 4.78 is 5.62. The van der Waals surface area contributed by atoms with Crippen molar-refractivity contribution in [2.75, 3.05) is 6.61 Å². The Bertz CT molecular complexity index is 626. The van der Waals surface area contributed by atoms with Crippen LogP contribution in [0.5, 0.6) is 5.75 Å². The molecule has 3 nitrogen and oxygen atoms in total. The van der Waals surface area contributed by atoms with Crippen molar-refractivity contribution in [1.82, 2.24) is 9.97 Å². The average Bonchev–Trinajstić information content (AvgIpc) is 2.96. The number of nitrogens with zero attached hydrogens (tertiary/aromatic N) is 1. The molecule has 0 unspecified atom stereocenters. The molecule has 0 spiro atoms. The van der Waals surface area contributed by atoms with Gasteiger partial charge in [-0.25, -0.2) is 4.98 Å². The van der Waals surface area contributed by atoms with Gasteiger partial charge in [-0.1, -0.05) is 11.6 Å². The second kappa shape index (κ2) is 5.53. The van der Waals surface area contributed by atoms with Gasteiger partial charge in [-0.15, -0.1) is 0 Å². The van der Waals surface area contributed by atoms with Crippen LogP contribution < -0.4 is 4.74 Å². The lowest BCUT2D eigenvalue weighted by molar-refractivity contribution is 0.340. The van der Waals surface area contributed by atoms with E-state index < -0.39 is 0 Å². The highest BCUT2D eigenvalue weighted by Gasteiger charge is 2.17. The summed E-state index contributed by atoms with van der Waals surface area (Å²) in [5.41, 5.74) is 6.84. The Morgan fingerprint density at radius 1 is 1.30 bits per heavy atom. The molecule has 1 aromatic heterocycles. The van der Waals surface area contributed by atoms with Crippen molar-refractivity contribution in [3.8, 4) is 5.75 Å². The molecule has 1 aromatic carbocycles. The van der Waals surface area contributed by atoms with Gasteiger partial charge in [-0.2, -0.15) is 0 Å². The van der Waals surface area contributed by atoms with Crippen LogP contribution in [0.15, 0.2) is 36.3 Å². The molecule has 0 atom stereocenters. The van der Waals surface area contributed by atoms with E-state index in [2.05, 4.69) is 35.1 Å². The lowest BCUT2D eigenvalue weighted by Gasteiger charge is -2.22. The Morgan fingerprint density at radius 3 is 2.95 bits per heavy atom. The summed E-state index contributed by atoms with van der Waals surface area (Å²) in [6, 6.07) is 6.46. The van der Waals surface area contributed by atoms with E-state index in [1.165, 1.54) is 28.0 Å². The third-order valence-corrected chi connectivity index (χ3v) is 3.98. The first-order chi connectivity index (χ1) is 9.78. The van der Waals surface area contributed by atoms with E-state index in [0.717, 1.165) is 25.0 Å². The summed E-state index contributed by atoms with van der Waals surface area (Å²) in [7, 11) is 0. The van der Waals surface area contributed by atoms with Crippen LogP contribution in [0.2, 0.25) is 0 Å². The molecule has 0 saturated carbocycles. The summed E-state index contributed by atoms with van der Waals surface area (Å²) in [4.78, 5) is 7.29. The Morgan fingerprint density at radius 2 is 2.20 bits per heavy atom. The van der Waals surface area contributed by atoms with Crippen molar-refractivity contribution in [1.29, 1.82) is 0 Å². The van der Waals surface area contributed by atoms with Crippen LogP contribution in [0.3, 0.4) is 0 Å². The van der Waals surface area contributed by atoms with Crippen LogP contribution in [0.4, 0.5) is 0 Å². The van der Waals surface area contributed by atoms with Crippen molar-refractivity contribution in [2.24, 2.45) is 0 Å². The molecule has 20 heavy (non-hydrogen) atoms. The van der Waals surface area contributed by atoms with Crippen molar-refractivity contribution in [3.63, 3.8) is 0 Å². The van der Waals surface area contributed by atoms with E-state index in [-0.39, 0.29) is 0 Å². The second-order valence-corrected chi connectivity index (χ2v) is 5.23. The van der Waals surface area contributed by atoms with Gasteiger partial charge in [0, 0.05) is 18.3 Å². The largest absolute Gasteiger partial charge is 0.494 e. The predicted molar refractivity (Wildman–Crippen MR) is 80.8 cm³/mol. The second-order valence-electron chi connectivity index (χ2n) is 5.23. The Balaban J connectivity index is 1.93. The molecule has 2 aromatic rings. The molecule has 104 valence electrons. The molecular weight excluding hydrogens is 248 g/mol. The van der Waals surface area contributed by atoms with Crippen molar-refractivity contribution in [3.05, 3.63) is 53.1 Å². The maximum absolute atomic E-state index is 5.62. The zero-order valence-corrected chi connectivity index (χ0v) is 12.1. The zero-order chi connectivity index (χ0) is 13.9. The van der Waals surface area contributed by atoms with Crippen LogP contribution >= 0.6 is 0 Å². The van der Waals surface area contributed by atoms with E-state index >= 15 is 0 Å². The lowest BCUT2D eigenvalue weighted by Crippen LogP contribution is -2.06. The molecule has 0 amide bonds. The van der Waals surface area contributed by atoms with Crippen LogP contribution in [0.1, 0.15) is 37.1 Å². The third-order valence-electron chi connectivity index (χ3n) is 3.98. The Hall–Kier alpha value is -2.03. The van der Waals surface area contributed by atoms with Gasteiger partial charge in [0.15, 0.2) is 0 Å². The molecule has 0 fully saturated rings. The van der Waals surface area contributed by atoms with Crippen LogP contribution in [0, 0.1) is 0 Å². The van der Waals surface area contributed by atoms with E-state index in [0.29, 0.717) is 6.61 Å². The summed E-state index contributed by atoms with van der Waals surface area (Å²) >= 11 is 0. The Kier molecular flexibility index (Phi) is 3.59. The number of rotatable bonds is 4. The minimum Gasteiger partial charge on any atom is -0.494 e. The summed E-state index contributed by atoms with van der Waals surface area (Å²) in [6.45, 7) is 4.95. The van der Waals surface area contributed by atoms with Gasteiger partial charge in [0.25, 0.3) is 0 Å². The fourth-order valence-corrected chi connectivity index (χ4v) is 2.87. The normalized spacial score (nSPS) is 14.3. The highest BCUT2D eigenvalue weighted by molar-refractivity contribution is 5.73. The smallest absolute Gasteiger partial charge is 0.119 e. The number of aromatic nitrogens is 2. The molecule has 0 radical (unpaired) electrons. The number of H-pyrrole nitrogens is 1. The average molecular weight is 268 g/mol. The first-order valence-electron chi connectivity index (χ1n) is 7.20. The molecule has 3 rings (SSSR count). The minimum atomic E-state index is 0.711. The number of aryl methyl sites for hydroxylation is 1. The number of imidazole rings is 1. The topological polar surface area (TPSA) is 37.9 Å². The van der Waals surface area contributed by atoms with Gasteiger partial charge >= 0.3 is 0 Å². The first-order valence-corrected chi connectivity index (χ1v) is 7.20. The van der Waals surface area contributed by atoms with Crippen molar-refractivity contribution < 1.29 is 4.74 Å². The highest BCUT2D eigenvalue weighted by atomic mass is 16.5. The van der Waals surface area contributed by atoms with E-state index in [9.17, 15) is 0 Å². The molecular formula is C17H20N2O. The Labute approximate surface area is 119 Å². The summed E-state index contributed by atoms with van der Waals surface area (Å²) in [5, 5.41) is 0. The molecule has 0 bridgehead atoms. The molecule has 1 N–H and O–H groups in total. The molecule has 1 heterocycles. The number of benzene rings is 1. The SMILES string of the molecule is CCOc1ccc2c(c1)C(C)=C(Cc1cnc[nH]1)CC2. The van der Waals surface area contributed by atoms with Gasteiger partial charge in [-0.3, -0.25) is 0 Å². The maximum Gasteiger partial charge on any atom is 0.119 e. The van der Waals surface area contributed by atoms with Crippen LogP contribution in [-0.2, 0) is 12.8 Å². The number of aromatic amines is 1. The first kappa shape index (κ1) is 13.0. The van der Waals surface area contributed by atoms with Gasteiger partial charge in [-0.05, 0) is 55.5 Å². The van der Waals surface area contributed by atoms with Crippen molar-refractivity contribution >= 4 is 5.57 Å². The summed E-state index contributed by atoms with van der Waals surface area (Å²) in [6.07, 6.45) is 6.86. The maximum atomic E-state index is 5.62. The number of fused-ring (bicyclic) bond motifs is 1. The fraction of sp³-hybridized carbons (Fsp3) is 0.353. The monoisotopic (exact) mass is 268 g/mol. The minimum absolute atomic E-state index is 0.711. The lowest BCUT2D eigenvalue weighted by atomic mass is 9.84. The zero-order valence-electron chi connectivity index (χ0n) is 12.1.